The summed E-state index contributed by atoms with van der Waals surface area (Å²) in [6.45, 7) is 1.64. The lowest BCUT2D eigenvalue weighted by atomic mass is 9.91. The van der Waals surface area contributed by atoms with Crippen LogP contribution in [0, 0.1) is 5.82 Å². The number of hydrogen-bond donors (Lipinski definition) is 1. The summed E-state index contributed by atoms with van der Waals surface area (Å²) >= 11 is 0. The first-order chi connectivity index (χ1) is 10.5. The number of carbonyl (C=O) groups excluding carboxylic acids is 2. The monoisotopic (exact) mass is 299 g/mol. The first-order valence-corrected chi connectivity index (χ1v) is 6.82. The van der Waals surface area contributed by atoms with Crippen molar-refractivity contribution in [3.63, 3.8) is 0 Å². The molecule has 112 valence electrons. The van der Waals surface area contributed by atoms with E-state index in [1.807, 2.05) is 0 Å². The molecule has 0 aliphatic carbocycles. The van der Waals surface area contributed by atoms with Crippen LogP contribution >= 0.6 is 0 Å². The van der Waals surface area contributed by atoms with Gasteiger partial charge in [0.1, 0.15) is 17.2 Å². The van der Waals surface area contributed by atoms with Gasteiger partial charge < -0.3 is 10.2 Å². The molecule has 0 radical (unpaired) electrons. The number of benzene rings is 1. The fraction of sp³-hybridized carbons (Fsp3) is 0.188. The molecule has 5 nitrogen and oxygen atoms in total. The number of amides is 2. The van der Waals surface area contributed by atoms with Crippen LogP contribution in [-0.2, 0) is 9.59 Å². The Hall–Kier alpha value is -2.76. The van der Waals surface area contributed by atoms with E-state index in [0.29, 0.717) is 5.84 Å². The summed E-state index contributed by atoms with van der Waals surface area (Å²) in [6.07, 6.45) is 6.76. The fourth-order valence-corrected chi connectivity index (χ4v) is 2.50. The van der Waals surface area contributed by atoms with Gasteiger partial charge in [-0.1, -0.05) is 18.2 Å². The van der Waals surface area contributed by atoms with Crippen molar-refractivity contribution in [2.75, 3.05) is 5.32 Å². The van der Waals surface area contributed by atoms with Gasteiger partial charge in [0.05, 0.1) is 12.1 Å². The summed E-state index contributed by atoms with van der Waals surface area (Å²) in [5.74, 6) is -0.954. The van der Waals surface area contributed by atoms with Gasteiger partial charge in [-0.05, 0) is 31.2 Å². The summed E-state index contributed by atoms with van der Waals surface area (Å²) < 4.78 is 13.7. The van der Waals surface area contributed by atoms with Crippen molar-refractivity contribution in [3.05, 3.63) is 54.5 Å². The van der Waals surface area contributed by atoms with Gasteiger partial charge in [0, 0.05) is 6.20 Å². The summed E-state index contributed by atoms with van der Waals surface area (Å²) in [5.41, 5.74) is -1.07. The Morgan fingerprint density at radius 3 is 2.91 bits per heavy atom. The Morgan fingerprint density at radius 1 is 1.36 bits per heavy atom. The number of fused-ring (bicyclic) bond motifs is 1. The van der Waals surface area contributed by atoms with E-state index in [1.165, 1.54) is 12.1 Å². The largest absolute Gasteiger partial charge is 0.322 e. The predicted molar refractivity (Wildman–Crippen MR) is 80.6 cm³/mol. The molecular weight excluding hydrogens is 285 g/mol. The van der Waals surface area contributed by atoms with Gasteiger partial charge in [0.15, 0.2) is 0 Å². The standard InChI is InChI=1S/C16H14FN3O2/c1-16(15(22)18-12-7-3-2-6-11(12)17)10-14(21)19-13-8-4-5-9-20(13)16/h2-9H,10H2,1H3,(H,18,22). The molecule has 0 saturated carbocycles. The number of nitrogens with zero attached hydrogens (tertiary/aromatic N) is 2. The molecule has 0 fully saturated rings. The quantitative estimate of drug-likeness (QED) is 0.911. The van der Waals surface area contributed by atoms with Crippen LogP contribution in [0.2, 0.25) is 0 Å². The zero-order valence-corrected chi connectivity index (χ0v) is 11.9. The van der Waals surface area contributed by atoms with E-state index < -0.39 is 17.3 Å². The predicted octanol–water partition coefficient (Wildman–Crippen LogP) is 2.24. The topological polar surface area (TPSA) is 61.8 Å². The first-order valence-electron chi connectivity index (χ1n) is 6.82. The second-order valence-corrected chi connectivity index (χ2v) is 5.32. The van der Waals surface area contributed by atoms with Crippen molar-refractivity contribution >= 4 is 23.3 Å². The van der Waals surface area contributed by atoms with Crippen LogP contribution in [0.1, 0.15) is 13.3 Å². The van der Waals surface area contributed by atoms with Crippen LogP contribution in [0.15, 0.2) is 53.7 Å². The molecule has 6 heteroatoms. The Morgan fingerprint density at radius 2 is 2.14 bits per heavy atom. The Balaban J connectivity index is 1.92. The lowest BCUT2D eigenvalue weighted by Gasteiger charge is -2.41. The lowest BCUT2D eigenvalue weighted by Crippen LogP contribution is -2.58. The van der Waals surface area contributed by atoms with Crippen molar-refractivity contribution in [2.45, 2.75) is 18.9 Å². The summed E-state index contributed by atoms with van der Waals surface area (Å²) in [5, 5.41) is 2.55. The molecule has 1 atom stereocenters. The number of anilines is 1. The molecule has 2 heterocycles. The maximum Gasteiger partial charge on any atom is 0.250 e. The molecule has 0 spiro atoms. The third-order valence-corrected chi connectivity index (χ3v) is 3.72. The van der Waals surface area contributed by atoms with Gasteiger partial charge in [0.2, 0.25) is 0 Å². The van der Waals surface area contributed by atoms with Crippen LogP contribution < -0.4 is 5.32 Å². The molecule has 1 aromatic rings. The zero-order chi connectivity index (χ0) is 15.7. The summed E-state index contributed by atoms with van der Waals surface area (Å²) in [6, 6.07) is 5.91. The van der Waals surface area contributed by atoms with Crippen LogP contribution in [0.25, 0.3) is 0 Å². The van der Waals surface area contributed by atoms with Gasteiger partial charge in [-0.25, -0.2) is 4.39 Å². The molecule has 2 aliphatic rings. The second kappa shape index (κ2) is 5.22. The van der Waals surface area contributed by atoms with Crippen LogP contribution in [0.5, 0.6) is 0 Å². The number of amidine groups is 1. The first kappa shape index (κ1) is 14.2. The molecule has 1 N–H and O–H groups in total. The highest BCUT2D eigenvalue weighted by molar-refractivity contribution is 6.11. The number of nitrogens with one attached hydrogen (secondary N) is 1. The van der Waals surface area contributed by atoms with Crippen molar-refractivity contribution in [1.29, 1.82) is 0 Å². The molecule has 22 heavy (non-hydrogen) atoms. The van der Waals surface area contributed by atoms with E-state index in [2.05, 4.69) is 10.3 Å². The number of para-hydroxylation sites is 1. The highest BCUT2D eigenvalue weighted by atomic mass is 19.1. The van der Waals surface area contributed by atoms with E-state index in [0.717, 1.165) is 0 Å². The van der Waals surface area contributed by atoms with Crippen molar-refractivity contribution in [3.8, 4) is 0 Å². The van der Waals surface area contributed by atoms with Gasteiger partial charge in [-0.2, -0.15) is 4.99 Å². The Bertz CT molecular complexity index is 739. The molecule has 1 aromatic carbocycles. The minimum atomic E-state index is -1.16. The Labute approximate surface area is 126 Å². The second-order valence-electron chi connectivity index (χ2n) is 5.32. The van der Waals surface area contributed by atoms with Gasteiger partial charge in [-0.3, -0.25) is 9.59 Å². The number of carbonyl (C=O) groups is 2. The minimum Gasteiger partial charge on any atom is -0.322 e. The average molecular weight is 299 g/mol. The van der Waals surface area contributed by atoms with E-state index in [1.54, 1.807) is 48.4 Å². The van der Waals surface area contributed by atoms with Crippen molar-refractivity contribution < 1.29 is 14.0 Å². The minimum absolute atomic E-state index is 0.0744. The molecule has 0 bridgehead atoms. The van der Waals surface area contributed by atoms with Crippen LogP contribution in [0.3, 0.4) is 0 Å². The smallest absolute Gasteiger partial charge is 0.250 e. The van der Waals surface area contributed by atoms with Gasteiger partial charge >= 0.3 is 0 Å². The number of allylic oxidation sites excluding steroid dienone is 2. The molecule has 0 aromatic heterocycles. The van der Waals surface area contributed by atoms with Crippen molar-refractivity contribution in [1.82, 2.24) is 4.90 Å². The summed E-state index contributed by atoms with van der Waals surface area (Å²) in [4.78, 5) is 30.0. The highest BCUT2D eigenvalue weighted by Crippen LogP contribution is 2.29. The van der Waals surface area contributed by atoms with E-state index in [9.17, 15) is 14.0 Å². The Kier molecular flexibility index (Phi) is 3.36. The highest BCUT2D eigenvalue weighted by Gasteiger charge is 2.45. The van der Waals surface area contributed by atoms with Crippen molar-refractivity contribution in [2.24, 2.45) is 4.99 Å². The van der Waals surface area contributed by atoms with Crippen LogP contribution in [0.4, 0.5) is 10.1 Å². The molecular formula is C16H14FN3O2. The fourth-order valence-electron chi connectivity index (χ4n) is 2.50. The zero-order valence-electron chi connectivity index (χ0n) is 11.9. The molecule has 1 unspecified atom stereocenters. The van der Waals surface area contributed by atoms with E-state index >= 15 is 0 Å². The maximum atomic E-state index is 13.7. The van der Waals surface area contributed by atoms with E-state index in [4.69, 9.17) is 0 Å². The summed E-state index contributed by atoms with van der Waals surface area (Å²) in [7, 11) is 0. The maximum absolute atomic E-state index is 13.7. The normalized spacial score (nSPS) is 23.1. The van der Waals surface area contributed by atoms with Gasteiger partial charge in [0.25, 0.3) is 11.8 Å². The van der Waals surface area contributed by atoms with Gasteiger partial charge in [-0.15, -0.1) is 0 Å². The SMILES string of the molecule is CC1(C(=O)Nc2ccccc2F)CC(=O)N=C2C=CC=CN21. The average Bonchev–Trinajstić information content (AvgIpc) is 2.49. The number of rotatable bonds is 2. The number of hydrogen-bond acceptors (Lipinski definition) is 3. The molecule has 3 rings (SSSR count). The molecule has 2 aliphatic heterocycles. The lowest BCUT2D eigenvalue weighted by molar-refractivity contribution is -0.130. The third kappa shape index (κ3) is 2.32. The number of halogens is 1. The number of aliphatic imine (C=N–C) groups is 1. The third-order valence-electron chi connectivity index (χ3n) is 3.72. The molecule has 0 saturated heterocycles. The van der Waals surface area contributed by atoms with E-state index in [-0.39, 0.29) is 18.0 Å². The van der Waals surface area contributed by atoms with Crippen LogP contribution in [-0.4, -0.2) is 28.1 Å². The molecule has 2 amide bonds.